The van der Waals surface area contributed by atoms with Crippen molar-refractivity contribution < 1.29 is 19.4 Å². The van der Waals surface area contributed by atoms with Gasteiger partial charge in [-0.1, -0.05) is 12.1 Å². The molecule has 2 N–H and O–H groups in total. The number of carbonyl (C=O) groups excluding carboxylic acids is 1. The second-order valence-electron chi connectivity index (χ2n) is 5.05. The molecule has 1 aliphatic heterocycles. The summed E-state index contributed by atoms with van der Waals surface area (Å²) in [5.41, 5.74) is -0.903. The van der Waals surface area contributed by atoms with E-state index in [0.717, 1.165) is 0 Å². The molecule has 1 aromatic carbocycles. The van der Waals surface area contributed by atoms with Crippen molar-refractivity contribution in [1.29, 1.82) is 5.26 Å². The van der Waals surface area contributed by atoms with Gasteiger partial charge in [-0.2, -0.15) is 17.0 Å². The number of hydrogen-bond donors (Lipinski definition) is 2. The van der Waals surface area contributed by atoms with Crippen molar-refractivity contribution in [2.75, 3.05) is 11.5 Å². The number of carboxylic acids is 1. The van der Waals surface area contributed by atoms with Crippen molar-refractivity contribution in [3.8, 4) is 11.8 Å². The molecule has 22 heavy (non-hydrogen) atoms. The van der Waals surface area contributed by atoms with Gasteiger partial charge in [-0.05, 0) is 31.2 Å². The highest BCUT2D eigenvalue weighted by atomic mass is 32.2. The van der Waals surface area contributed by atoms with Crippen LogP contribution in [0.2, 0.25) is 0 Å². The number of nitriles is 1. The van der Waals surface area contributed by atoms with Crippen molar-refractivity contribution in [3.05, 3.63) is 29.8 Å². The summed E-state index contributed by atoms with van der Waals surface area (Å²) in [4.78, 5) is 23.6. The average molecular weight is 320 g/mol. The van der Waals surface area contributed by atoms with Crippen LogP contribution in [0.15, 0.2) is 24.3 Å². The maximum Gasteiger partial charge on any atom is 0.330 e. The topological polar surface area (TPSA) is 99.4 Å². The molecular weight excluding hydrogens is 304 g/mol. The third kappa shape index (κ3) is 3.34. The first-order valence-electron chi connectivity index (χ1n) is 6.77. The van der Waals surface area contributed by atoms with Crippen LogP contribution in [-0.4, -0.2) is 40.1 Å². The van der Waals surface area contributed by atoms with E-state index in [1.54, 1.807) is 24.3 Å². The van der Waals surface area contributed by atoms with Crippen LogP contribution in [-0.2, 0) is 9.59 Å². The Bertz CT molecular complexity index is 620. The van der Waals surface area contributed by atoms with E-state index >= 15 is 0 Å². The smallest absolute Gasteiger partial charge is 0.330 e. The lowest BCUT2D eigenvalue weighted by atomic mass is 9.99. The zero-order chi connectivity index (χ0) is 16.2. The molecule has 0 saturated carbocycles. The largest absolute Gasteiger partial charge is 0.480 e. The lowest BCUT2D eigenvalue weighted by Gasteiger charge is -2.26. The molecule has 116 valence electrons. The second kappa shape index (κ2) is 6.71. The van der Waals surface area contributed by atoms with Crippen LogP contribution in [0, 0.1) is 11.3 Å². The molecule has 0 unspecified atom stereocenters. The molecule has 1 saturated heterocycles. The second-order valence-corrected chi connectivity index (χ2v) is 6.15. The van der Waals surface area contributed by atoms with Gasteiger partial charge in [-0.15, -0.1) is 0 Å². The molecule has 0 spiro atoms. The van der Waals surface area contributed by atoms with E-state index in [1.807, 2.05) is 6.07 Å². The number of aliphatic carboxylic acids is 1. The summed E-state index contributed by atoms with van der Waals surface area (Å²) < 4.78 is 5.50. The zero-order valence-electron chi connectivity index (χ0n) is 12.0. The first-order valence-corrected chi connectivity index (χ1v) is 7.93. The van der Waals surface area contributed by atoms with Crippen LogP contribution in [0.5, 0.6) is 5.75 Å². The first kappa shape index (κ1) is 16.2. The van der Waals surface area contributed by atoms with Crippen molar-refractivity contribution in [2.24, 2.45) is 0 Å². The maximum absolute atomic E-state index is 12.2. The van der Waals surface area contributed by atoms with Crippen molar-refractivity contribution in [3.63, 3.8) is 0 Å². The molecule has 1 amide bonds. The summed E-state index contributed by atoms with van der Waals surface area (Å²) in [6.07, 6.45) is -0.503. The summed E-state index contributed by atoms with van der Waals surface area (Å²) in [7, 11) is 0. The van der Waals surface area contributed by atoms with Crippen LogP contribution in [0.3, 0.4) is 0 Å². The van der Waals surface area contributed by atoms with Crippen LogP contribution < -0.4 is 10.1 Å². The van der Waals surface area contributed by atoms with Gasteiger partial charge in [-0.3, -0.25) is 4.79 Å². The highest BCUT2D eigenvalue weighted by Gasteiger charge is 2.44. The zero-order valence-corrected chi connectivity index (χ0v) is 12.9. The Morgan fingerprint density at radius 2 is 2.23 bits per heavy atom. The molecule has 1 heterocycles. The Kier molecular flexibility index (Phi) is 4.93. The number of nitrogens with one attached hydrogen (secondary N) is 1. The lowest BCUT2D eigenvalue weighted by Crippen LogP contribution is -2.57. The van der Waals surface area contributed by atoms with Crippen molar-refractivity contribution >= 4 is 23.6 Å². The molecule has 0 aromatic heterocycles. The van der Waals surface area contributed by atoms with Crippen molar-refractivity contribution in [1.82, 2.24) is 5.32 Å². The van der Waals surface area contributed by atoms with E-state index in [2.05, 4.69) is 5.32 Å². The van der Waals surface area contributed by atoms with Gasteiger partial charge in [0.15, 0.2) is 6.10 Å². The number of hydrogen-bond acceptors (Lipinski definition) is 5. The molecule has 0 aliphatic carbocycles. The molecule has 1 aromatic rings. The van der Waals surface area contributed by atoms with Gasteiger partial charge >= 0.3 is 5.97 Å². The number of benzene rings is 1. The fourth-order valence-corrected chi connectivity index (χ4v) is 3.45. The van der Waals surface area contributed by atoms with E-state index in [4.69, 9.17) is 10.00 Å². The molecule has 1 fully saturated rings. The monoisotopic (exact) mass is 320 g/mol. The molecular formula is C15H16N2O4S. The van der Waals surface area contributed by atoms with Gasteiger partial charge in [0.25, 0.3) is 5.91 Å². The standard InChI is InChI=1S/C15H16N2O4S/c1-10(21-12-5-3-2-4-11(12)8-16)13(18)17-15(14(19)20)6-7-22-9-15/h2-5,10H,6-7,9H2,1H3,(H,17,18)(H,19,20)/t10-,15-/m0/s1. The number of ether oxygens (including phenoxy) is 1. The van der Waals surface area contributed by atoms with Crippen LogP contribution in [0.4, 0.5) is 0 Å². The summed E-state index contributed by atoms with van der Waals surface area (Å²) in [6.45, 7) is 1.53. The minimum Gasteiger partial charge on any atom is -0.480 e. The van der Waals surface area contributed by atoms with E-state index < -0.39 is 23.5 Å². The Morgan fingerprint density at radius 1 is 1.50 bits per heavy atom. The highest BCUT2D eigenvalue weighted by Crippen LogP contribution is 2.28. The lowest BCUT2D eigenvalue weighted by molar-refractivity contribution is -0.147. The van der Waals surface area contributed by atoms with Gasteiger partial charge in [0.2, 0.25) is 0 Å². The number of para-hydroxylation sites is 1. The summed E-state index contributed by atoms with van der Waals surface area (Å²) in [6, 6.07) is 8.57. The number of thioether (sulfide) groups is 1. The van der Waals surface area contributed by atoms with Gasteiger partial charge in [0.05, 0.1) is 5.56 Å². The van der Waals surface area contributed by atoms with Gasteiger partial charge in [-0.25, -0.2) is 4.79 Å². The van der Waals surface area contributed by atoms with Crippen LogP contribution >= 0.6 is 11.8 Å². The fraction of sp³-hybridized carbons (Fsp3) is 0.400. The Labute approximate surface area is 132 Å². The third-order valence-corrected chi connectivity index (χ3v) is 4.66. The van der Waals surface area contributed by atoms with Crippen LogP contribution in [0.1, 0.15) is 18.9 Å². The van der Waals surface area contributed by atoms with E-state index in [0.29, 0.717) is 29.2 Å². The number of rotatable bonds is 5. The summed E-state index contributed by atoms with van der Waals surface area (Å²) in [5, 5.41) is 20.9. The molecule has 0 radical (unpaired) electrons. The minimum absolute atomic E-state index is 0.304. The number of carbonyl (C=O) groups is 2. The molecule has 2 rings (SSSR count). The van der Waals surface area contributed by atoms with Gasteiger partial charge in [0, 0.05) is 5.75 Å². The van der Waals surface area contributed by atoms with Crippen molar-refractivity contribution in [2.45, 2.75) is 25.0 Å². The maximum atomic E-state index is 12.2. The third-order valence-electron chi connectivity index (χ3n) is 3.47. The quantitative estimate of drug-likeness (QED) is 0.851. The van der Waals surface area contributed by atoms with Gasteiger partial charge in [0.1, 0.15) is 17.4 Å². The Morgan fingerprint density at radius 3 is 2.82 bits per heavy atom. The number of carboxylic acid groups (broad SMARTS) is 1. The summed E-state index contributed by atoms with van der Waals surface area (Å²) in [5.74, 6) is -0.194. The van der Waals surface area contributed by atoms with E-state index in [9.17, 15) is 14.7 Å². The summed E-state index contributed by atoms with van der Waals surface area (Å²) >= 11 is 1.49. The number of amides is 1. The molecule has 6 nitrogen and oxygen atoms in total. The van der Waals surface area contributed by atoms with Gasteiger partial charge < -0.3 is 15.2 Å². The fourth-order valence-electron chi connectivity index (χ4n) is 2.13. The van der Waals surface area contributed by atoms with E-state index in [1.165, 1.54) is 18.7 Å². The first-order chi connectivity index (χ1) is 10.5. The normalized spacial score (nSPS) is 21.6. The minimum atomic E-state index is -1.23. The highest BCUT2D eigenvalue weighted by molar-refractivity contribution is 7.99. The molecule has 2 atom stereocenters. The average Bonchev–Trinajstić information content (AvgIpc) is 2.97. The number of nitrogens with zero attached hydrogens (tertiary/aromatic N) is 1. The Balaban J connectivity index is 2.06. The predicted molar refractivity (Wildman–Crippen MR) is 81.7 cm³/mol. The molecule has 7 heteroatoms. The van der Waals surface area contributed by atoms with Crippen LogP contribution in [0.25, 0.3) is 0 Å². The van der Waals surface area contributed by atoms with E-state index in [-0.39, 0.29) is 0 Å². The predicted octanol–water partition coefficient (Wildman–Crippen LogP) is 1.40. The Hall–Kier alpha value is -2.20. The molecule has 1 aliphatic rings. The SMILES string of the molecule is C[C@H](Oc1ccccc1C#N)C(=O)N[C@@]1(C(=O)O)CCSC1. The molecule has 0 bridgehead atoms.